The highest BCUT2D eigenvalue weighted by Crippen LogP contribution is 2.18. The van der Waals surface area contributed by atoms with Crippen LogP contribution in [0.2, 0.25) is 0 Å². The molecular formula is C11H14N4O3. The molecule has 0 aliphatic heterocycles. The summed E-state index contributed by atoms with van der Waals surface area (Å²) < 4.78 is 6.79. The van der Waals surface area contributed by atoms with Crippen LogP contribution in [0, 0.1) is 10.1 Å². The van der Waals surface area contributed by atoms with E-state index in [-0.39, 0.29) is 5.88 Å². The summed E-state index contributed by atoms with van der Waals surface area (Å²) in [5.74, 6) is 0.279. The molecule has 18 heavy (non-hydrogen) atoms. The Morgan fingerprint density at radius 3 is 2.94 bits per heavy atom. The molecule has 2 aromatic heterocycles. The fraction of sp³-hybridized carbons (Fsp3) is 0.364. The van der Waals surface area contributed by atoms with Crippen LogP contribution in [0.5, 0.6) is 0 Å². The summed E-state index contributed by atoms with van der Waals surface area (Å²) in [4.78, 5) is 9.92. The molecule has 0 bridgehead atoms. The number of rotatable bonds is 5. The molecule has 0 amide bonds. The standard InChI is InChI=1S/C11H14N4O3/c1-3-9-10(7-14(2)13-9)12-6-8-4-5-11(18-8)15(16)17/h4-5,7,12H,3,6H2,1-2H3. The summed E-state index contributed by atoms with van der Waals surface area (Å²) in [6.45, 7) is 2.41. The smallest absolute Gasteiger partial charge is 0.404 e. The van der Waals surface area contributed by atoms with Gasteiger partial charge in [0.25, 0.3) is 0 Å². The fourth-order valence-corrected chi connectivity index (χ4v) is 1.69. The number of hydrogen-bond acceptors (Lipinski definition) is 5. The molecule has 7 heteroatoms. The van der Waals surface area contributed by atoms with Crippen LogP contribution in [0.25, 0.3) is 0 Å². The van der Waals surface area contributed by atoms with Crippen LogP contribution < -0.4 is 5.32 Å². The van der Waals surface area contributed by atoms with E-state index in [0.717, 1.165) is 17.8 Å². The van der Waals surface area contributed by atoms with E-state index in [1.807, 2.05) is 20.2 Å². The summed E-state index contributed by atoms with van der Waals surface area (Å²) in [5, 5.41) is 17.9. The van der Waals surface area contributed by atoms with E-state index in [1.54, 1.807) is 10.7 Å². The normalized spacial score (nSPS) is 10.6. The molecule has 96 valence electrons. The zero-order valence-corrected chi connectivity index (χ0v) is 10.2. The van der Waals surface area contributed by atoms with Gasteiger partial charge in [0.05, 0.1) is 24.0 Å². The minimum absolute atomic E-state index is 0.242. The molecule has 0 aromatic carbocycles. The van der Waals surface area contributed by atoms with Gasteiger partial charge in [0.1, 0.15) is 10.7 Å². The van der Waals surface area contributed by atoms with Crippen molar-refractivity contribution in [3.63, 3.8) is 0 Å². The highest BCUT2D eigenvalue weighted by Gasteiger charge is 2.12. The number of aromatic nitrogens is 2. The fourth-order valence-electron chi connectivity index (χ4n) is 1.69. The summed E-state index contributed by atoms with van der Waals surface area (Å²) in [6, 6.07) is 2.94. The van der Waals surface area contributed by atoms with Crippen LogP contribution >= 0.6 is 0 Å². The van der Waals surface area contributed by atoms with E-state index in [2.05, 4.69) is 10.4 Å². The first-order valence-electron chi connectivity index (χ1n) is 5.59. The van der Waals surface area contributed by atoms with Crippen molar-refractivity contribution in [2.75, 3.05) is 5.32 Å². The molecule has 0 unspecified atom stereocenters. The lowest BCUT2D eigenvalue weighted by molar-refractivity contribution is -0.402. The molecule has 0 fully saturated rings. The van der Waals surface area contributed by atoms with E-state index in [4.69, 9.17) is 4.42 Å². The van der Waals surface area contributed by atoms with E-state index >= 15 is 0 Å². The Morgan fingerprint density at radius 2 is 2.33 bits per heavy atom. The molecule has 0 spiro atoms. The highest BCUT2D eigenvalue weighted by atomic mass is 16.6. The molecule has 0 saturated carbocycles. The quantitative estimate of drug-likeness (QED) is 0.648. The van der Waals surface area contributed by atoms with Crippen molar-refractivity contribution in [2.45, 2.75) is 19.9 Å². The zero-order valence-electron chi connectivity index (χ0n) is 10.2. The maximum atomic E-state index is 10.5. The monoisotopic (exact) mass is 250 g/mol. The molecule has 0 atom stereocenters. The highest BCUT2D eigenvalue weighted by molar-refractivity contribution is 5.46. The summed E-state index contributed by atoms with van der Waals surface area (Å²) in [7, 11) is 1.85. The lowest BCUT2D eigenvalue weighted by Crippen LogP contribution is -1.99. The SMILES string of the molecule is CCc1nn(C)cc1NCc1ccc([N+](=O)[O-])o1. The maximum Gasteiger partial charge on any atom is 0.433 e. The van der Waals surface area contributed by atoms with E-state index in [1.165, 1.54) is 6.07 Å². The predicted molar refractivity (Wildman–Crippen MR) is 65.3 cm³/mol. The molecule has 2 heterocycles. The van der Waals surface area contributed by atoms with E-state index in [9.17, 15) is 10.1 Å². The third kappa shape index (κ3) is 2.50. The molecular weight excluding hydrogens is 236 g/mol. The molecule has 0 radical (unpaired) electrons. The number of aryl methyl sites for hydroxylation is 2. The Morgan fingerprint density at radius 1 is 1.56 bits per heavy atom. The number of anilines is 1. The van der Waals surface area contributed by atoms with Crippen molar-refractivity contribution in [3.8, 4) is 0 Å². The minimum atomic E-state index is -0.551. The van der Waals surface area contributed by atoms with Crippen LogP contribution in [0.1, 0.15) is 18.4 Å². The molecule has 7 nitrogen and oxygen atoms in total. The predicted octanol–water partition coefficient (Wildman–Crippen LogP) is 2.10. The largest absolute Gasteiger partial charge is 0.433 e. The van der Waals surface area contributed by atoms with Gasteiger partial charge in [-0.2, -0.15) is 5.10 Å². The van der Waals surface area contributed by atoms with Gasteiger partial charge in [-0.25, -0.2) is 0 Å². The lowest BCUT2D eigenvalue weighted by Gasteiger charge is -2.02. The van der Waals surface area contributed by atoms with Gasteiger partial charge < -0.3 is 9.73 Å². The van der Waals surface area contributed by atoms with Crippen molar-refractivity contribution in [1.29, 1.82) is 0 Å². The van der Waals surface area contributed by atoms with Crippen molar-refractivity contribution < 1.29 is 9.34 Å². The molecule has 1 N–H and O–H groups in total. The molecule has 0 aliphatic carbocycles. The second-order valence-corrected chi connectivity index (χ2v) is 3.87. The number of furan rings is 1. The van der Waals surface area contributed by atoms with Gasteiger partial charge >= 0.3 is 5.88 Å². The van der Waals surface area contributed by atoms with Gasteiger partial charge in [-0.3, -0.25) is 14.8 Å². The van der Waals surface area contributed by atoms with E-state index in [0.29, 0.717) is 12.3 Å². The van der Waals surface area contributed by atoms with Crippen LogP contribution in [0.3, 0.4) is 0 Å². The average Bonchev–Trinajstić information content (AvgIpc) is 2.92. The summed E-state index contributed by atoms with van der Waals surface area (Å²) >= 11 is 0. The molecule has 2 aromatic rings. The number of nitrogens with one attached hydrogen (secondary N) is 1. The number of nitro groups is 1. The molecule has 2 rings (SSSR count). The van der Waals surface area contributed by atoms with Crippen molar-refractivity contribution in [1.82, 2.24) is 9.78 Å². The van der Waals surface area contributed by atoms with Gasteiger partial charge in [-0.1, -0.05) is 6.92 Å². The zero-order chi connectivity index (χ0) is 13.1. The van der Waals surface area contributed by atoms with Crippen molar-refractivity contribution >= 4 is 11.6 Å². The summed E-state index contributed by atoms with van der Waals surface area (Å²) in [6.07, 6.45) is 2.69. The van der Waals surface area contributed by atoms with Gasteiger partial charge in [-0.05, 0) is 12.5 Å². The van der Waals surface area contributed by atoms with E-state index < -0.39 is 4.92 Å². The van der Waals surface area contributed by atoms with Crippen LogP contribution in [-0.2, 0) is 20.0 Å². The Bertz CT molecular complexity index is 558. The molecule has 0 saturated heterocycles. The number of hydrogen-bond donors (Lipinski definition) is 1. The minimum Gasteiger partial charge on any atom is -0.404 e. The second kappa shape index (κ2) is 4.91. The summed E-state index contributed by atoms with van der Waals surface area (Å²) in [5.41, 5.74) is 1.87. The molecule has 0 aliphatic rings. The number of nitrogens with zero attached hydrogens (tertiary/aromatic N) is 3. The Balaban J connectivity index is 2.04. The first-order valence-corrected chi connectivity index (χ1v) is 5.59. The van der Waals surface area contributed by atoms with Gasteiger partial charge in [0.15, 0.2) is 0 Å². The average molecular weight is 250 g/mol. The Hall–Kier alpha value is -2.31. The topological polar surface area (TPSA) is 86.1 Å². The van der Waals surface area contributed by atoms with Crippen LogP contribution in [-0.4, -0.2) is 14.7 Å². The van der Waals surface area contributed by atoms with Crippen LogP contribution in [0.4, 0.5) is 11.6 Å². The third-order valence-corrected chi connectivity index (χ3v) is 2.52. The Kier molecular flexibility index (Phi) is 3.31. The first-order chi connectivity index (χ1) is 8.60. The van der Waals surface area contributed by atoms with Crippen molar-refractivity contribution in [2.24, 2.45) is 7.05 Å². The van der Waals surface area contributed by atoms with Crippen molar-refractivity contribution in [3.05, 3.63) is 39.9 Å². The lowest BCUT2D eigenvalue weighted by atomic mass is 10.3. The third-order valence-electron chi connectivity index (χ3n) is 2.52. The van der Waals surface area contributed by atoms with Gasteiger partial charge in [-0.15, -0.1) is 0 Å². The van der Waals surface area contributed by atoms with Crippen LogP contribution in [0.15, 0.2) is 22.7 Å². The Labute approximate surface area is 104 Å². The second-order valence-electron chi connectivity index (χ2n) is 3.87. The maximum absolute atomic E-state index is 10.5. The van der Waals surface area contributed by atoms with Gasteiger partial charge in [0.2, 0.25) is 0 Å². The first kappa shape index (κ1) is 12.2. The van der Waals surface area contributed by atoms with Gasteiger partial charge in [0, 0.05) is 13.2 Å².